The van der Waals surface area contributed by atoms with Crippen LogP contribution in [0.1, 0.15) is 35.7 Å². The third-order valence-electron chi connectivity index (χ3n) is 4.97. The van der Waals surface area contributed by atoms with Crippen molar-refractivity contribution in [2.75, 3.05) is 5.32 Å². The van der Waals surface area contributed by atoms with Gasteiger partial charge in [0.05, 0.1) is 25.1 Å². The van der Waals surface area contributed by atoms with Gasteiger partial charge in [0, 0.05) is 11.3 Å². The Morgan fingerprint density at radius 2 is 2.08 bits per heavy atom. The number of fused-ring (bicyclic) bond motifs is 2. The van der Waals surface area contributed by atoms with Gasteiger partial charge in [0.15, 0.2) is 11.5 Å². The predicted molar refractivity (Wildman–Crippen MR) is 98.8 cm³/mol. The average Bonchev–Trinajstić information content (AvgIpc) is 3.31. The van der Waals surface area contributed by atoms with E-state index in [1.165, 1.54) is 16.8 Å². The summed E-state index contributed by atoms with van der Waals surface area (Å²) in [7, 11) is 0. The van der Waals surface area contributed by atoms with Crippen molar-refractivity contribution in [3.8, 4) is 0 Å². The molecule has 0 amide bonds. The van der Waals surface area contributed by atoms with Crippen molar-refractivity contribution in [1.29, 1.82) is 0 Å². The van der Waals surface area contributed by atoms with Crippen molar-refractivity contribution in [2.24, 2.45) is 0 Å². The largest absolute Gasteiger partial charge is 0.361 e. The Labute approximate surface area is 150 Å². The number of hydrogen-bond acceptors (Lipinski definition) is 5. The molecule has 26 heavy (non-hydrogen) atoms. The molecule has 3 heterocycles. The number of imidazole rings is 1. The van der Waals surface area contributed by atoms with Crippen molar-refractivity contribution >= 4 is 17.0 Å². The number of anilines is 1. The molecule has 130 valence electrons. The van der Waals surface area contributed by atoms with Crippen LogP contribution in [0.3, 0.4) is 0 Å². The van der Waals surface area contributed by atoms with E-state index in [4.69, 9.17) is 0 Å². The molecule has 1 atom stereocenters. The van der Waals surface area contributed by atoms with Gasteiger partial charge in [0.2, 0.25) is 0 Å². The van der Waals surface area contributed by atoms with Crippen LogP contribution >= 0.6 is 0 Å². The highest BCUT2D eigenvalue weighted by molar-refractivity contribution is 5.82. The molecule has 0 bridgehead atoms. The minimum absolute atomic E-state index is 0.199. The Morgan fingerprint density at radius 3 is 3.00 bits per heavy atom. The van der Waals surface area contributed by atoms with Crippen LogP contribution in [0.15, 0.2) is 49.2 Å². The lowest BCUT2D eigenvalue weighted by Gasteiger charge is -2.24. The highest BCUT2D eigenvalue weighted by Crippen LogP contribution is 2.33. The van der Waals surface area contributed by atoms with Crippen LogP contribution < -0.4 is 5.32 Å². The fourth-order valence-electron chi connectivity index (χ4n) is 3.70. The topological polar surface area (TPSA) is 84.3 Å². The van der Waals surface area contributed by atoms with Crippen molar-refractivity contribution in [2.45, 2.75) is 31.8 Å². The molecule has 3 aromatic heterocycles. The molecule has 0 saturated heterocycles. The Balaban J connectivity index is 1.44. The van der Waals surface area contributed by atoms with Crippen LogP contribution in [0.4, 0.5) is 5.82 Å². The number of nitrogens with zero attached hydrogens (tertiary/aromatic N) is 5. The zero-order chi connectivity index (χ0) is 17.3. The van der Waals surface area contributed by atoms with Crippen molar-refractivity contribution in [3.63, 3.8) is 0 Å². The molecule has 1 aliphatic rings. The van der Waals surface area contributed by atoms with Crippen LogP contribution in [-0.2, 0) is 13.0 Å². The van der Waals surface area contributed by atoms with E-state index in [0.29, 0.717) is 5.65 Å². The maximum atomic E-state index is 4.66. The summed E-state index contributed by atoms with van der Waals surface area (Å²) in [5, 5.41) is 8.23. The fourth-order valence-corrected chi connectivity index (χ4v) is 3.70. The summed E-state index contributed by atoms with van der Waals surface area (Å²) in [5.41, 5.74) is 5.36. The van der Waals surface area contributed by atoms with Gasteiger partial charge in [0.1, 0.15) is 11.8 Å². The Morgan fingerprint density at radius 1 is 1.15 bits per heavy atom. The highest BCUT2D eigenvalue weighted by Gasteiger charge is 2.25. The van der Waals surface area contributed by atoms with Crippen molar-refractivity contribution in [3.05, 3.63) is 66.0 Å². The van der Waals surface area contributed by atoms with Crippen LogP contribution in [0.5, 0.6) is 0 Å². The zero-order valence-corrected chi connectivity index (χ0v) is 14.3. The molecule has 1 aromatic carbocycles. The lowest BCUT2D eigenvalue weighted by Crippen LogP contribution is -2.19. The quantitative estimate of drug-likeness (QED) is 0.594. The summed E-state index contributed by atoms with van der Waals surface area (Å²) >= 11 is 0. The second-order valence-corrected chi connectivity index (χ2v) is 6.60. The highest BCUT2D eigenvalue weighted by atomic mass is 15.3. The summed E-state index contributed by atoms with van der Waals surface area (Å²) in [6, 6.07) is 10.7. The van der Waals surface area contributed by atoms with Gasteiger partial charge in [-0.3, -0.25) is 4.68 Å². The summed E-state index contributed by atoms with van der Waals surface area (Å²) < 4.78 is 2.13. The van der Waals surface area contributed by atoms with Crippen LogP contribution in [-0.4, -0.2) is 29.7 Å². The average molecular weight is 345 g/mol. The van der Waals surface area contributed by atoms with Crippen LogP contribution in [0, 0.1) is 0 Å². The molecular weight excluding hydrogens is 326 g/mol. The second kappa shape index (κ2) is 6.25. The normalized spacial score (nSPS) is 16.5. The second-order valence-electron chi connectivity index (χ2n) is 6.60. The first-order valence-corrected chi connectivity index (χ1v) is 8.87. The molecule has 5 rings (SSSR count). The number of rotatable bonds is 4. The minimum Gasteiger partial charge on any atom is -0.361 e. The summed E-state index contributed by atoms with van der Waals surface area (Å²) in [4.78, 5) is 15.9. The van der Waals surface area contributed by atoms with Gasteiger partial charge in [-0.15, -0.1) is 0 Å². The van der Waals surface area contributed by atoms with Crippen molar-refractivity contribution < 1.29 is 0 Å². The summed E-state index contributed by atoms with van der Waals surface area (Å²) in [6.45, 7) is 0.807. The Hall–Kier alpha value is -3.22. The van der Waals surface area contributed by atoms with Gasteiger partial charge in [0.25, 0.3) is 0 Å². The first kappa shape index (κ1) is 15.1. The molecule has 0 unspecified atom stereocenters. The van der Waals surface area contributed by atoms with Crippen LogP contribution in [0.2, 0.25) is 0 Å². The van der Waals surface area contributed by atoms with Gasteiger partial charge < -0.3 is 10.3 Å². The van der Waals surface area contributed by atoms with E-state index in [-0.39, 0.29) is 6.04 Å². The number of aromatic amines is 1. The Bertz CT molecular complexity index is 1030. The number of H-pyrrole nitrogens is 1. The van der Waals surface area contributed by atoms with Gasteiger partial charge in [-0.1, -0.05) is 30.3 Å². The molecule has 1 aliphatic carbocycles. The fraction of sp³-hybridized carbons (Fsp3) is 0.263. The van der Waals surface area contributed by atoms with E-state index in [0.717, 1.165) is 37.1 Å². The lowest BCUT2D eigenvalue weighted by molar-refractivity contribution is 0.556. The molecule has 4 aromatic rings. The predicted octanol–water partition coefficient (Wildman–Crippen LogP) is 3.09. The maximum Gasteiger partial charge on any atom is 0.182 e. The van der Waals surface area contributed by atoms with E-state index in [1.54, 1.807) is 12.7 Å². The van der Waals surface area contributed by atoms with Crippen LogP contribution in [0.25, 0.3) is 11.2 Å². The number of benzene rings is 1. The molecule has 7 heteroatoms. The summed E-state index contributed by atoms with van der Waals surface area (Å²) in [5.74, 6) is 0.793. The summed E-state index contributed by atoms with van der Waals surface area (Å²) in [6.07, 6.45) is 8.44. The molecule has 0 spiro atoms. The number of aromatic nitrogens is 6. The molecule has 0 saturated carbocycles. The number of hydrogen-bond donors (Lipinski definition) is 2. The molecule has 0 radical (unpaired) electrons. The van der Waals surface area contributed by atoms with E-state index in [1.807, 2.05) is 12.3 Å². The molecule has 0 aliphatic heterocycles. The third-order valence-corrected chi connectivity index (χ3v) is 4.97. The van der Waals surface area contributed by atoms with Gasteiger partial charge >= 0.3 is 0 Å². The van der Waals surface area contributed by atoms with E-state index in [2.05, 4.69) is 59.3 Å². The maximum absolute atomic E-state index is 4.66. The van der Waals surface area contributed by atoms with E-state index in [9.17, 15) is 0 Å². The smallest absolute Gasteiger partial charge is 0.182 e. The third kappa shape index (κ3) is 2.61. The van der Waals surface area contributed by atoms with Gasteiger partial charge in [-0.2, -0.15) is 5.10 Å². The van der Waals surface area contributed by atoms with E-state index >= 15 is 0 Å². The molecule has 7 nitrogen and oxygen atoms in total. The van der Waals surface area contributed by atoms with E-state index < -0.39 is 0 Å². The number of nitrogens with one attached hydrogen (secondary N) is 2. The first-order valence-electron chi connectivity index (χ1n) is 8.87. The first-order chi connectivity index (χ1) is 12.9. The van der Waals surface area contributed by atoms with Crippen molar-refractivity contribution in [1.82, 2.24) is 29.7 Å². The molecule has 0 fully saturated rings. The molecule has 2 N–H and O–H groups in total. The minimum atomic E-state index is 0.199. The molecular formula is C19H19N7. The SMILES string of the molecule is c1ccc(Cn2ncc3c2CCC[C@@H]3Nc2ncnc3nc[nH]c23)cc1. The monoisotopic (exact) mass is 345 g/mol. The van der Waals surface area contributed by atoms with Gasteiger partial charge in [-0.05, 0) is 24.8 Å². The van der Waals surface area contributed by atoms with Gasteiger partial charge in [-0.25, -0.2) is 15.0 Å². The zero-order valence-electron chi connectivity index (χ0n) is 14.3. The lowest BCUT2D eigenvalue weighted by atomic mass is 9.93. The standard InChI is InChI=1S/C19H19N7/c1-2-5-13(6-3-1)10-26-16-8-4-7-15(14(16)9-24-26)25-19-17-18(21-11-20-17)22-12-23-19/h1-3,5-6,9,11-12,15H,4,7-8,10H2,(H2,20,21,22,23,25)/t15-/m0/s1. The Kier molecular flexibility index (Phi) is 3.62.